The van der Waals surface area contributed by atoms with Crippen molar-refractivity contribution in [1.29, 1.82) is 0 Å². The normalized spacial score (nSPS) is 14.0. The predicted molar refractivity (Wildman–Crippen MR) is 369 cm³/mol. The molecule has 10 heteroatoms. The van der Waals surface area contributed by atoms with Gasteiger partial charge in [0.25, 0.3) is 0 Å². The van der Waals surface area contributed by atoms with Crippen molar-refractivity contribution in [3.63, 3.8) is 0 Å². The number of nitrogens with one attached hydrogen (secondary N) is 1. The largest absolute Gasteiger partial charge is 0.472 e. The molecule has 3 unspecified atom stereocenters. The molecule has 0 spiro atoms. The third kappa shape index (κ3) is 65.5. The minimum atomic E-state index is -4.46. The Bertz CT molecular complexity index is 1730. The first-order chi connectivity index (χ1) is 41.4. The average molecular weight is 1210 g/mol. The Labute approximate surface area is 526 Å². The van der Waals surface area contributed by atoms with Crippen LogP contribution in [0.4, 0.5) is 0 Å². The number of likely N-dealkylation sites (N-methyl/N-ethyl adjacent to an activating group) is 1. The number of rotatable bonds is 65. The highest BCUT2D eigenvalue weighted by Gasteiger charge is 2.30. The summed E-state index contributed by atoms with van der Waals surface area (Å²) in [6, 6.07) is -0.863. The van der Waals surface area contributed by atoms with Crippen LogP contribution < -0.4 is 5.32 Å². The van der Waals surface area contributed by atoms with Gasteiger partial charge >= 0.3 is 13.8 Å². The van der Waals surface area contributed by atoms with Crippen molar-refractivity contribution >= 4 is 19.7 Å². The first kappa shape index (κ1) is 82.2. The van der Waals surface area contributed by atoms with Gasteiger partial charge in [0.1, 0.15) is 19.3 Å². The van der Waals surface area contributed by atoms with E-state index in [4.69, 9.17) is 13.8 Å². The number of carbonyl (C=O) groups excluding carboxylic acids is 2. The highest BCUT2D eigenvalue weighted by Crippen LogP contribution is 2.43. The molecular weight excluding hydrogens is 1070 g/mol. The molecule has 0 aromatic rings. The molecule has 0 saturated carbocycles. The molecule has 1 amide bonds. The molecule has 0 aliphatic carbocycles. The highest BCUT2D eigenvalue weighted by molar-refractivity contribution is 7.47. The predicted octanol–water partition coefficient (Wildman–Crippen LogP) is 22.9. The number of hydrogen-bond donors (Lipinski definition) is 2. The molecule has 0 bridgehead atoms. The van der Waals surface area contributed by atoms with Crippen LogP contribution in [0.5, 0.6) is 0 Å². The number of nitrogens with zero attached hydrogens (tertiary/aromatic N) is 1. The van der Waals surface area contributed by atoms with Gasteiger partial charge in [-0.15, -0.1) is 0 Å². The van der Waals surface area contributed by atoms with E-state index < -0.39 is 20.0 Å². The third-order valence-corrected chi connectivity index (χ3v) is 16.8. The maximum Gasteiger partial charge on any atom is 0.472 e. The van der Waals surface area contributed by atoms with Gasteiger partial charge in [-0.1, -0.05) is 318 Å². The van der Waals surface area contributed by atoms with Crippen LogP contribution in [0.25, 0.3) is 0 Å². The fourth-order valence-electron chi connectivity index (χ4n) is 10.4. The molecule has 2 N–H and O–H groups in total. The molecule has 0 radical (unpaired) electrons. The Kier molecular flexibility index (Phi) is 62.1. The van der Waals surface area contributed by atoms with Crippen molar-refractivity contribution < 1.29 is 37.3 Å². The number of allylic oxidation sites excluding steroid dienone is 13. The zero-order chi connectivity index (χ0) is 62.1. The number of phosphoric ester groups is 1. The van der Waals surface area contributed by atoms with Gasteiger partial charge in [0.2, 0.25) is 5.91 Å². The maximum atomic E-state index is 13.6. The Morgan fingerprint density at radius 1 is 0.424 bits per heavy atom. The van der Waals surface area contributed by atoms with E-state index in [0.29, 0.717) is 23.9 Å². The van der Waals surface area contributed by atoms with Crippen LogP contribution in [0.2, 0.25) is 0 Å². The summed E-state index contributed by atoms with van der Waals surface area (Å²) in [4.78, 5) is 37.9. The molecule has 85 heavy (non-hydrogen) atoms. The molecule has 0 saturated heterocycles. The van der Waals surface area contributed by atoms with E-state index in [1.807, 2.05) is 33.3 Å². The fourth-order valence-corrected chi connectivity index (χ4v) is 11.1. The average Bonchev–Trinajstić information content (AvgIpc) is 3.52. The van der Waals surface area contributed by atoms with Gasteiger partial charge in [0.15, 0.2) is 0 Å². The molecular formula is C75H138N2O7P+. The fraction of sp³-hybridized carbons (Fsp3) is 0.787. The van der Waals surface area contributed by atoms with Crippen LogP contribution >= 0.6 is 7.82 Å². The number of phosphoric acid groups is 1. The standard InChI is InChI=1S/C75H137N2O7P/c1-7-10-13-16-19-22-25-28-30-32-34-36-38-40-42-44-46-49-52-55-58-61-64-67-74(78)76-72(71-83-85(80,81)82-70-69-77(4,5)6)73(66-63-60-57-54-51-48-27-24-21-18-15-12-9-3)84-75(79)68-65-62-59-56-53-50-47-45-43-41-39-37-35-33-31-29-26-23-20-17-14-11-8-2/h11,14,20,23,29,31,35,37,41,43,47,50,63,66,72-73H,7-10,12-13,15-19,21-22,24-28,30,32-34,36,38-40,42,44-46,48-49,51-62,64-65,67-71H2,1-6H3,(H-,76,78,80,81)/p+1/b14-11-,23-20-,31-29-,37-35-,43-41-,50-47-,66-63+. The van der Waals surface area contributed by atoms with E-state index in [0.717, 1.165) is 103 Å². The van der Waals surface area contributed by atoms with Crippen LogP contribution in [0.3, 0.4) is 0 Å². The first-order valence-corrected chi connectivity index (χ1v) is 37.4. The van der Waals surface area contributed by atoms with Gasteiger partial charge in [0, 0.05) is 12.8 Å². The quantitative estimate of drug-likeness (QED) is 0.0205. The third-order valence-electron chi connectivity index (χ3n) is 15.8. The van der Waals surface area contributed by atoms with E-state index >= 15 is 0 Å². The van der Waals surface area contributed by atoms with Gasteiger partial charge in [-0.25, -0.2) is 4.57 Å². The van der Waals surface area contributed by atoms with Crippen LogP contribution in [0.15, 0.2) is 85.1 Å². The molecule has 0 aliphatic rings. The monoisotopic (exact) mass is 1210 g/mol. The van der Waals surface area contributed by atoms with Gasteiger partial charge in [-0.05, 0) is 83.1 Å². The smallest absolute Gasteiger partial charge is 0.456 e. The number of carbonyl (C=O) groups is 2. The second kappa shape index (κ2) is 64.2. The van der Waals surface area contributed by atoms with E-state index in [1.165, 1.54) is 186 Å². The van der Waals surface area contributed by atoms with Gasteiger partial charge in [-0.3, -0.25) is 18.6 Å². The van der Waals surface area contributed by atoms with Gasteiger partial charge in [0.05, 0.1) is 33.8 Å². The lowest BCUT2D eigenvalue weighted by Gasteiger charge is -2.27. The summed E-state index contributed by atoms with van der Waals surface area (Å²) in [6.45, 7) is 6.92. The van der Waals surface area contributed by atoms with Gasteiger partial charge in [-0.2, -0.15) is 0 Å². The van der Waals surface area contributed by atoms with E-state index in [-0.39, 0.29) is 31.5 Å². The van der Waals surface area contributed by atoms with Crippen LogP contribution in [0.1, 0.15) is 329 Å². The molecule has 9 nitrogen and oxygen atoms in total. The summed E-state index contributed by atoms with van der Waals surface area (Å²) in [5.74, 6) is -0.524. The van der Waals surface area contributed by atoms with Crippen LogP contribution in [0, 0.1) is 0 Å². The van der Waals surface area contributed by atoms with Crippen LogP contribution in [-0.4, -0.2) is 74.3 Å². The Balaban J connectivity index is 5.15. The summed E-state index contributed by atoms with van der Waals surface area (Å²) in [5.41, 5.74) is 0. The zero-order valence-corrected chi connectivity index (χ0v) is 57.5. The molecule has 0 fully saturated rings. The molecule has 0 heterocycles. The molecule has 0 rings (SSSR count). The maximum absolute atomic E-state index is 13.6. The second-order valence-electron chi connectivity index (χ2n) is 25.4. The van der Waals surface area contributed by atoms with E-state index in [2.05, 4.69) is 99.0 Å². The lowest BCUT2D eigenvalue weighted by Crippen LogP contribution is -2.47. The summed E-state index contributed by atoms with van der Waals surface area (Å²) in [6.07, 6.45) is 86.0. The topological polar surface area (TPSA) is 111 Å². The number of esters is 1. The van der Waals surface area contributed by atoms with Crippen LogP contribution in [-0.2, 0) is 27.9 Å². The van der Waals surface area contributed by atoms with Crippen molar-refractivity contribution in [3.05, 3.63) is 85.1 Å². The summed E-state index contributed by atoms with van der Waals surface area (Å²) < 4.78 is 30.8. The molecule has 0 aliphatic heterocycles. The van der Waals surface area contributed by atoms with Crippen molar-refractivity contribution in [3.8, 4) is 0 Å². The highest BCUT2D eigenvalue weighted by atomic mass is 31.2. The number of amides is 1. The number of ether oxygens (including phenoxy) is 1. The van der Waals surface area contributed by atoms with Crippen molar-refractivity contribution in [1.82, 2.24) is 5.32 Å². The molecule has 494 valence electrons. The number of quaternary nitrogens is 1. The summed E-state index contributed by atoms with van der Waals surface area (Å²) in [7, 11) is 1.48. The molecule has 0 aromatic heterocycles. The first-order valence-electron chi connectivity index (χ1n) is 35.9. The Hall–Kier alpha value is -2.81. The SMILES string of the molecule is CC/C=C\C/C=C\C/C=C\C/C=C\C/C=C\C/C=C\CCCCCCC(=O)OC(/C=C/CCCCCCCCCCCCC)C(COP(=O)(O)OCC[N+](C)(C)C)NC(=O)CCCCCCCCCCCCCCCCCCCCCCCCC. The Morgan fingerprint density at radius 3 is 1.13 bits per heavy atom. The molecule has 3 atom stereocenters. The molecule has 0 aromatic carbocycles. The summed E-state index contributed by atoms with van der Waals surface area (Å²) >= 11 is 0. The second-order valence-corrected chi connectivity index (χ2v) is 26.8. The Morgan fingerprint density at radius 2 is 0.753 bits per heavy atom. The van der Waals surface area contributed by atoms with E-state index in [9.17, 15) is 19.0 Å². The van der Waals surface area contributed by atoms with Crippen molar-refractivity contribution in [2.24, 2.45) is 0 Å². The zero-order valence-electron chi connectivity index (χ0n) is 56.6. The minimum absolute atomic E-state index is 0.0342. The van der Waals surface area contributed by atoms with Gasteiger partial charge < -0.3 is 19.4 Å². The number of unbranched alkanes of at least 4 members (excludes halogenated alkanes) is 37. The lowest BCUT2D eigenvalue weighted by atomic mass is 10.0. The summed E-state index contributed by atoms with van der Waals surface area (Å²) in [5, 5.41) is 3.07. The van der Waals surface area contributed by atoms with E-state index in [1.54, 1.807) is 0 Å². The van der Waals surface area contributed by atoms with Crippen molar-refractivity contribution in [2.75, 3.05) is 40.9 Å². The lowest BCUT2D eigenvalue weighted by molar-refractivity contribution is -0.870. The van der Waals surface area contributed by atoms with Crippen molar-refractivity contribution in [2.45, 2.75) is 341 Å². The number of hydrogen-bond acceptors (Lipinski definition) is 6. The minimum Gasteiger partial charge on any atom is -0.456 e.